The first-order chi connectivity index (χ1) is 15.4. The van der Waals surface area contributed by atoms with E-state index in [1.54, 1.807) is 26.4 Å². The lowest BCUT2D eigenvalue weighted by Crippen LogP contribution is -2.32. The minimum atomic E-state index is -0.404. The van der Waals surface area contributed by atoms with Crippen molar-refractivity contribution in [1.82, 2.24) is 4.57 Å². The van der Waals surface area contributed by atoms with Crippen molar-refractivity contribution in [3.63, 3.8) is 0 Å². The lowest BCUT2D eigenvalue weighted by atomic mass is 10.1. The maximum Gasteiger partial charge on any atom is 0.295 e. The molecule has 0 aliphatic carbocycles. The Morgan fingerprint density at radius 1 is 0.844 bits per heavy atom. The van der Waals surface area contributed by atoms with Gasteiger partial charge in [-0.05, 0) is 60.7 Å². The van der Waals surface area contributed by atoms with Crippen molar-refractivity contribution in [3.05, 3.63) is 82.9 Å². The number of nitro benzene ring substituents is 1. The number of benzene rings is 3. The Labute approximate surface area is 191 Å². The zero-order valence-electron chi connectivity index (χ0n) is 17.9. The molecule has 8 heteroatoms. The van der Waals surface area contributed by atoms with E-state index in [1.165, 1.54) is 12.1 Å². The molecule has 0 atom stereocenters. The normalized spacial score (nSPS) is 10.8. The summed E-state index contributed by atoms with van der Waals surface area (Å²) in [7, 11) is 5.21. The molecule has 32 heavy (non-hydrogen) atoms. The van der Waals surface area contributed by atoms with Gasteiger partial charge >= 0.3 is 0 Å². The number of imidazole rings is 1. The number of ether oxygens (including phenoxy) is 2. The maximum absolute atomic E-state index is 11.1. The van der Waals surface area contributed by atoms with Gasteiger partial charge in [0, 0.05) is 17.7 Å². The predicted molar refractivity (Wildman–Crippen MR) is 125 cm³/mol. The van der Waals surface area contributed by atoms with Gasteiger partial charge in [-0.2, -0.15) is 4.57 Å². The number of rotatable bonds is 6. The molecule has 0 aliphatic heterocycles. The molecule has 0 aliphatic rings. The first kappa shape index (κ1) is 21.5. The number of nitro groups is 1. The van der Waals surface area contributed by atoms with E-state index in [0.717, 1.165) is 44.9 Å². The van der Waals surface area contributed by atoms with Crippen LogP contribution in [-0.2, 0) is 7.05 Å². The second kappa shape index (κ2) is 8.76. The summed E-state index contributed by atoms with van der Waals surface area (Å²) in [6.45, 7) is 0. The highest BCUT2D eigenvalue weighted by molar-refractivity contribution is 7.80. The molecule has 162 valence electrons. The SMILES string of the molecule is COc1ccc(-c2c(S)n(-c3ccc(OC)cc3)c(-c3ccc([N+](=O)[O-])cc3)[n+]2C)cc1. The van der Waals surface area contributed by atoms with Crippen molar-refractivity contribution in [3.8, 4) is 39.8 Å². The molecule has 0 spiro atoms. The van der Waals surface area contributed by atoms with Gasteiger partial charge in [-0.15, -0.1) is 0 Å². The Kier molecular flexibility index (Phi) is 5.87. The molecule has 1 aromatic heterocycles. The first-order valence-corrected chi connectivity index (χ1v) is 10.3. The highest BCUT2D eigenvalue weighted by Gasteiger charge is 2.30. The number of thiol groups is 1. The Morgan fingerprint density at radius 2 is 1.34 bits per heavy atom. The topological polar surface area (TPSA) is 70.4 Å². The van der Waals surface area contributed by atoms with Crippen molar-refractivity contribution >= 4 is 18.3 Å². The van der Waals surface area contributed by atoms with Gasteiger partial charge in [0.25, 0.3) is 11.5 Å². The van der Waals surface area contributed by atoms with E-state index >= 15 is 0 Å². The molecule has 0 unspecified atom stereocenters. The van der Waals surface area contributed by atoms with E-state index < -0.39 is 4.92 Å². The summed E-state index contributed by atoms with van der Waals surface area (Å²) in [5.41, 5.74) is 3.62. The Balaban J connectivity index is 1.95. The van der Waals surface area contributed by atoms with Gasteiger partial charge < -0.3 is 9.47 Å². The van der Waals surface area contributed by atoms with Crippen molar-refractivity contribution in [2.24, 2.45) is 7.05 Å². The molecule has 7 nitrogen and oxygen atoms in total. The molecule has 0 N–H and O–H groups in total. The van der Waals surface area contributed by atoms with E-state index in [1.807, 2.05) is 64.7 Å². The molecule has 0 saturated heterocycles. The van der Waals surface area contributed by atoms with Crippen LogP contribution in [0.5, 0.6) is 11.5 Å². The molecule has 1 heterocycles. The minimum absolute atomic E-state index is 0.0421. The zero-order valence-corrected chi connectivity index (χ0v) is 18.7. The fourth-order valence-electron chi connectivity index (χ4n) is 3.71. The molecule has 0 fully saturated rings. The highest BCUT2D eigenvalue weighted by Crippen LogP contribution is 2.34. The van der Waals surface area contributed by atoms with Crippen LogP contribution in [0.4, 0.5) is 5.69 Å². The van der Waals surface area contributed by atoms with E-state index in [9.17, 15) is 10.1 Å². The summed E-state index contributed by atoms with van der Waals surface area (Å²) < 4.78 is 14.6. The fraction of sp³-hybridized carbons (Fsp3) is 0.125. The molecule has 3 aromatic carbocycles. The largest absolute Gasteiger partial charge is 0.497 e. The van der Waals surface area contributed by atoms with Crippen molar-refractivity contribution in [2.75, 3.05) is 14.2 Å². The predicted octanol–water partition coefficient (Wildman–Crippen LogP) is 4.85. The van der Waals surface area contributed by atoms with E-state index in [-0.39, 0.29) is 5.69 Å². The van der Waals surface area contributed by atoms with Crippen LogP contribution in [0, 0.1) is 10.1 Å². The van der Waals surface area contributed by atoms with Gasteiger partial charge in [0.05, 0.1) is 31.8 Å². The number of methoxy groups -OCH3 is 2. The molecular formula is C24H22N3O4S+. The molecule has 0 bridgehead atoms. The van der Waals surface area contributed by atoms with Crippen molar-refractivity contribution < 1.29 is 19.0 Å². The molecule has 4 rings (SSSR count). The van der Waals surface area contributed by atoms with Crippen LogP contribution in [0.1, 0.15) is 0 Å². The summed E-state index contributed by atoms with van der Waals surface area (Å²) in [4.78, 5) is 10.7. The second-order valence-electron chi connectivity index (χ2n) is 7.12. The number of aromatic nitrogens is 2. The molecule has 0 amide bonds. The second-order valence-corrected chi connectivity index (χ2v) is 7.54. The van der Waals surface area contributed by atoms with Crippen LogP contribution in [-0.4, -0.2) is 23.7 Å². The monoisotopic (exact) mass is 448 g/mol. The number of hydrogen-bond acceptors (Lipinski definition) is 5. The third-order valence-corrected chi connectivity index (χ3v) is 5.73. The third kappa shape index (κ3) is 3.80. The minimum Gasteiger partial charge on any atom is -0.497 e. The van der Waals surface area contributed by atoms with Gasteiger partial charge in [0.2, 0.25) is 5.03 Å². The summed E-state index contributed by atoms with van der Waals surface area (Å²) in [6, 6.07) is 21.9. The van der Waals surface area contributed by atoms with Gasteiger partial charge in [0.1, 0.15) is 17.2 Å². The van der Waals surface area contributed by atoms with E-state index in [0.29, 0.717) is 0 Å². The lowest BCUT2D eigenvalue weighted by Gasteiger charge is -2.05. The zero-order chi connectivity index (χ0) is 22.8. The van der Waals surface area contributed by atoms with Crippen LogP contribution in [0.2, 0.25) is 0 Å². The van der Waals surface area contributed by atoms with E-state index in [4.69, 9.17) is 22.1 Å². The number of nitrogens with zero attached hydrogens (tertiary/aromatic N) is 3. The third-order valence-electron chi connectivity index (χ3n) is 5.32. The average Bonchev–Trinajstić information content (AvgIpc) is 3.09. The summed E-state index contributed by atoms with van der Waals surface area (Å²) in [5, 5.41) is 11.9. The highest BCUT2D eigenvalue weighted by atomic mass is 32.1. The summed E-state index contributed by atoms with van der Waals surface area (Å²) in [6.07, 6.45) is 0. The molecule has 0 radical (unpaired) electrons. The molecule has 4 aromatic rings. The van der Waals surface area contributed by atoms with Gasteiger partial charge in [-0.25, -0.2) is 4.57 Å². The Hall–Kier alpha value is -3.78. The van der Waals surface area contributed by atoms with Crippen molar-refractivity contribution in [2.45, 2.75) is 5.03 Å². The summed E-state index contributed by atoms with van der Waals surface area (Å²) in [5.74, 6) is 2.35. The van der Waals surface area contributed by atoms with Gasteiger partial charge in [-0.1, -0.05) is 12.6 Å². The van der Waals surface area contributed by atoms with Gasteiger partial charge in [0.15, 0.2) is 5.69 Å². The summed E-state index contributed by atoms with van der Waals surface area (Å²) >= 11 is 4.90. The fourth-order valence-corrected chi connectivity index (χ4v) is 4.20. The average molecular weight is 449 g/mol. The first-order valence-electron chi connectivity index (χ1n) is 9.82. The van der Waals surface area contributed by atoms with Crippen LogP contribution < -0.4 is 14.0 Å². The standard InChI is InChI=1S/C24H21N3O4S/c1-25-22(16-6-12-20(30-2)13-7-16)24(32)26(18-10-14-21(31-3)15-11-18)23(25)17-4-8-19(9-5-17)27(28)29/h4-15H,1-3H3/p+1. The Morgan fingerprint density at radius 3 is 1.84 bits per heavy atom. The smallest absolute Gasteiger partial charge is 0.295 e. The quantitative estimate of drug-likeness (QED) is 0.198. The maximum atomic E-state index is 11.1. The Bertz CT molecular complexity index is 1260. The van der Waals surface area contributed by atoms with E-state index in [2.05, 4.69) is 0 Å². The number of non-ortho nitro benzene ring substituents is 1. The molecule has 0 saturated carbocycles. The van der Waals surface area contributed by atoms with Crippen LogP contribution >= 0.6 is 12.6 Å². The van der Waals surface area contributed by atoms with Crippen LogP contribution in [0.25, 0.3) is 28.3 Å². The molecular weight excluding hydrogens is 426 g/mol. The van der Waals surface area contributed by atoms with Crippen LogP contribution in [0.15, 0.2) is 77.8 Å². The van der Waals surface area contributed by atoms with Crippen LogP contribution in [0.3, 0.4) is 0 Å². The van der Waals surface area contributed by atoms with Gasteiger partial charge in [-0.3, -0.25) is 10.1 Å². The van der Waals surface area contributed by atoms with Crippen molar-refractivity contribution in [1.29, 1.82) is 0 Å². The number of hydrogen-bond donors (Lipinski definition) is 1. The lowest BCUT2D eigenvalue weighted by molar-refractivity contribution is -0.649.